The summed E-state index contributed by atoms with van der Waals surface area (Å²) in [5.41, 5.74) is 6.24. The first-order chi connectivity index (χ1) is 8.60. The van der Waals surface area contributed by atoms with Crippen molar-refractivity contribution < 1.29 is 0 Å². The van der Waals surface area contributed by atoms with E-state index in [1.54, 1.807) is 0 Å². The number of hydrogen-bond acceptors (Lipinski definition) is 2. The topological polar surface area (TPSA) is 29.9 Å². The minimum Gasteiger partial charge on any atom is -0.381 e. The van der Waals surface area contributed by atoms with E-state index in [9.17, 15) is 0 Å². The molecule has 2 rings (SSSR count). The van der Waals surface area contributed by atoms with E-state index < -0.39 is 0 Å². The van der Waals surface area contributed by atoms with Crippen molar-refractivity contribution in [3.8, 4) is 0 Å². The van der Waals surface area contributed by atoms with Crippen LogP contribution in [0.15, 0.2) is 24.4 Å². The third-order valence-electron chi connectivity index (χ3n) is 3.18. The number of anilines is 1. The largest absolute Gasteiger partial charge is 0.381 e. The van der Waals surface area contributed by atoms with Crippen molar-refractivity contribution in [2.45, 2.75) is 33.7 Å². The predicted octanol–water partition coefficient (Wildman–Crippen LogP) is 3.21. The maximum Gasteiger partial charge on any atom is 0.0671 e. The normalized spacial score (nSPS) is 10.7. The summed E-state index contributed by atoms with van der Waals surface area (Å²) in [6, 6.07) is 6.48. The molecule has 0 aliphatic rings. The molecule has 0 amide bonds. The third-order valence-corrected chi connectivity index (χ3v) is 3.18. The average Bonchev–Trinajstić information content (AvgIpc) is 2.68. The van der Waals surface area contributed by atoms with Gasteiger partial charge >= 0.3 is 0 Å². The zero-order valence-corrected chi connectivity index (χ0v) is 11.6. The molecule has 0 fully saturated rings. The summed E-state index contributed by atoms with van der Waals surface area (Å²) >= 11 is 0. The van der Waals surface area contributed by atoms with Crippen molar-refractivity contribution in [1.82, 2.24) is 9.78 Å². The van der Waals surface area contributed by atoms with Crippen LogP contribution in [0, 0.1) is 13.8 Å². The molecule has 0 saturated carbocycles. The standard InChI is InChI=1S/C15H21N3/c1-5-14-13(10-18(4)17-14)9-16-15-7-6-11(2)8-12(15)3/h6-8,10,16H,5,9H2,1-4H3. The molecule has 1 aromatic heterocycles. The number of hydrogen-bond donors (Lipinski definition) is 1. The smallest absolute Gasteiger partial charge is 0.0671 e. The minimum atomic E-state index is 0.834. The molecular weight excluding hydrogens is 222 g/mol. The predicted molar refractivity (Wildman–Crippen MR) is 75.8 cm³/mol. The van der Waals surface area contributed by atoms with Crippen molar-refractivity contribution in [2.24, 2.45) is 7.05 Å². The highest BCUT2D eigenvalue weighted by Crippen LogP contribution is 2.18. The summed E-state index contributed by atoms with van der Waals surface area (Å²) in [6.45, 7) is 7.23. The highest BCUT2D eigenvalue weighted by Gasteiger charge is 2.06. The van der Waals surface area contributed by atoms with Gasteiger partial charge in [-0.05, 0) is 31.9 Å². The first-order valence-corrected chi connectivity index (χ1v) is 6.42. The Morgan fingerprint density at radius 1 is 1.28 bits per heavy atom. The van der Waals surface area contributed by atoms with E-state index in [1.165, 1.54) is 28.1 Å². The Bertz CT molecular complexity index is 541. The minimum absolute atomic E-state index is 0.834. The van der Waals surface area contributed by atoms with Crippen LogP contribution < -0.4 is 5.32 Å². The van der Waals surface area contributed by atoms with Crippen molar-refractivity contribution in [3.63, 3.8) is 0 Å². The summed E-state index contributed by atoms with van der Waals surface area (Å²) in [5, 5.41) is 7.95. The molecule has 18 heavy (non-hydrogen) atoms. The SMILES string of the molecule is CCc1nn(C)cc1CNc1ccc(C)cc1C. The van der Waals surface area contributed by atoms with Gasteiger partial charge in [0.25, 0.3) is 0 Å². The van der Waals surface area contributed by atoms with Gasteiger partial charge in [0.05, 0.1) is 5.69 Å². The van der Waals surface area contributed by atoms with Gasteiger partial charge < -0.3 is 5.32 Å². The Hall–Kier alpha value is -1.77. The molecule has 0 aliphatic carbocycles. The van der Waals surface area contributed by atoms with Gasteiger partial charge in [0.1, 0.15) is 0 Å². The highest BCUT2D eigenvalue weighted by molar-refractivity contribution is 5.52. The molecule has 1 N–H and O–H groups in total. The maximum atomic E-state index is 4.45. The van der Waals surface area contributed by atoms with Gasteiger partial charge in [-0.2, -0.15) is 5.10 Å². The summed E-state index contributed by atoms with van der Waals surface area (Å²) in [7, 11) is 1.97. The average molecular weight is 243 g/mol. The molecule has 1 heterocycles. The van der Waals surface area contributed by atoms with Gasteiger partial charge in [0.15, 0.2) is 0 Å². The van der Waals surface area contributed by atoms with Crippen molar-refractivity contribution >= 4 is 5.69 Å². The van der Waals surface area contributed by atoms with Crippen LogP contribution >= 0.6 is 0 Å². The molecule has 3 heteroatoms. The van der Waals surface area contributed by atoms with Gasteiger partial charge in [-0.15, -0.1) is 0 Å². The fourth-order valence-corrected chi connectivity index (χ4v) is 2.23. The van der Waals surface area contributed by atoms with Gasteiger partial charge in [0, 0.05) is 31.0 Å². The van der Waals surface area contributed by atoms with Gasteiger partial charge in [-0.25, -0.2) is 0 Å². The van der Waals surface area contributed by atoms with Crippen LogP contribution in [0.25, 0.3) is 0 Å². The number of nitrogens with zero attached hydrogens (tertiary/aromatic N) is 2. The molecule has 0 saturated heterocycles. The lowest BCUT2D eigenvalue weighted by molar-refractivity contribution is 0.746. The Labute approximate surface area is 109 Å². The number of aryl methyl sites for hydroxylation is 4. The Balaban J connectivity index is 2.11. The Morgan fingerprint density at radius 3 is 2.72 bits per heavy atom. The van der Waals surface area contributed by atoms with Gasteiger partial charge in [-0.3, -0.25) is 4.68 Å². The second-order valence-corrected chi connectivity index (χ2v) is 4.80. The summed E-state index contributed by atoms with van der Waals surface area (Å²) in [6.07, 6.45) is 3.07. The Morgan fingerprint density at radius 2 is 2.06 bits per heavy atom. The van der Waals surface area contributed by atoms with E-state index >= 15 is 0 Å². The van der Waals surface area contributed by atoms with Crippen molar-refractivity contribution in [2.75, 3.05) is 5.32 Å². The number of rotatable bonds is 4. The van der Waals surface area contributed by atoms with E-state index in [2.05, 4.69) is 55.6 Å². The van der Waals surface area contributed by atoms with Gasteiger partial charge in [-0.1, -0.05) is 24.6 Å². The Kier molecular flexibility index (Phi) is 3.70. The lowest BCUT2D eigenvalue weighted by Gasteiger charge is -2.10. The fourth-order valence-electron chi connectivity index (χ4n) is 2.23. The van der Waals surface area contributed by atoms with Gasteiger partial charge in [0.2, 0.25) is 0 Å². The number of aromatic nitrogens is 2. The zero-order valence-electron chi connectivity index (χ0n) is 11.6. The zero-order chi connectivity index (χ0) is 13.1. The number of benzene rings is 1. The first kappa shape index (κ1) is 12.7. The van der Waals surface area contributed by atoms with Crippen LogP contribution in [-0.4, -0.2) is 9.78 Å². The third kappa shape index (κ3) is 2.73. The molecule has 0 unspecified atom stereocenters. The summed E-state index contributed by atoms with van der Waals surface area (Å²) < 4.78 is 1.89. The molecule has 1 aromatic carbocycles. The fraction of sp³-hybridized carbons (Fsp3) is 0.400. The van der Waals surface area contributed by atoms with E-state index in [4.69, 9.17) is 0 Å². The number of nitrogens with one attached hydrogen (secondary N) is 1. The second-order valence-electron chi connectivity index (χ2n) is 4.80. The molecule has 0 radical (unpaired) electrons. The summed E-state index contributed by atoms with van der Waals surface area (Å²) in [5.74, 6) is 0. The highest BCUT2D eigenvalue weighted by atomic mass is 15.3. The van der Waals surface area contributed by atoms with E-state index in [0.717, 1.165) is 13.0 Å². The van der Waals surface area contributed by atoms with Crippen LogP contribution in [0.4, 0.5) is 5.69 Å². The molecular formula is C15H21N3. The summed E-state index contributed by atoms with van der Waals surface area (Å²) in [4.78, 5) is 0. The molecule has 2 aromatic rings. The van der Waals surface area contributed by atoms with Crippen molar-refractivity contribution in [1.29, 1.82) is 0 Å². The van der Waals surface area contributed by atoms with Crippen LogP contribution in [0.5, 0.6) is 0 Å². The quantitative estimate of drug-likeness (QED) is 0.893. The van der Waals surface area contributed by atoms with Crippen LogP contribution in [-0.2, 0) is 20.0 Å². The second kappa shape index (κ2) is 5.25. The van der Waals surface area contributed by atoms with E-state index in [0.29, 0.717) is 0 Å². The first-order valence-electron chi connectivity index (χ1n) is 6.42. The lowest BCUT2D eigenvalue weighted by atomic mass is 10.1. The van der Waals surface area contributed by atoms with Crippen LogP contribution in [0.2, 0.25) is 0 Å². The van der Waals surface area contributed by atoms with Crippen LogP contribution in [0.3, 0.4) is 0 Å². The lowest BCUT2D eigenvalue weighted by Crippen LogP contribution is -2.02. The molecule has 0 spiro atoms. The van der Waals surface area contributed by atoms with Crippen molar-refractivity contribution in [3.05, 3.63) is 46.8 Å². The van der Waals surface area contributed by atoms with E-state index in [1.807, 2.05) is 11.7 Å². The van der Waals surface area contributed by atoms with Crippen LogP contribution in [0.1, 0.15) is 29.3 Å². The monoisotopic (exact) mass is 243 g/mol. The molecule has 96 valence electrons. The molecule has 0 atom stereocenters. The maximum absolute atomic E-state index is 4.45. The molecule has 0 aliphatic heterocycles. The van der Waals surface area contributed by atoms with E-state index in [-0.39, 0.29) is 0 Å². The molecule has 3 nitrogen and oxygen atoms in total. The molecule has 0 bridgehead atoms.